The zero-order valence-corrected chi connectivity index (χ0v) is 5.61. The minimum Gasteiger partial charge on any atom is -0.210 e. The molecule has 1 fully saturated rings. The van der Waals surface area contributed by atoms with Crippen LogP contribution in [0.2, 0.25) is 0 Å². The van der Waals surface area contributed by atoms with Gasteiger partial charge in [-0.2, -0.15) is 0 Å². The standard InChI is InChI=1S/C7H12F2/c1-5-2-3-6(4-5)7(8)9/h5-7H,2-4H2,1H3. The SMILES string of the molecule is CC1CCC(C(F)F)C1. The summed E-state index contributed by atoms with van der Waals surface area (Å²) in [6.45, 7) is 2.04. The van der Waals surface area contributed by atoms with Crippen LogP contribution in [0.15, 0.2) is 0 Å². The third-order valence-electron chi connectivity index (χ3n) is 2.09. The molecule has 9 heavy (non-hydrogen) atoms. The van der Waals surface area contributed by atoms with Crippen molar-refractivity contribution in [3.8, 4) is 0 Å². The lowest BCUT2D eigenvalue weighted by Crippen LogP contribution is -2.05. The van der Waals surface area contributed by atoms with E-state index in [0.29, 0.717) is 5.92 Å². The van der Waals surface area contributed by atoms with Gasteiger partial charge in [-0.15, -0.1) is 0 Å². The van der Waals surface area contributed by atoms with E-state index in [0.717, 1.165) is 19.3 Å². The van der Waals surface area contributed by atoms with Crippen LogP contribution in [-0.4, -0.2) is 6.43 Å². The first-order valence-corrected chi connectivity index (χ1v) is 3.48. The van der Waals surface area contributed by atoms with Gasteiger partial charge in [0.2, 0.25) is 6.43 Å². The highest BCUT2D eigenvalue weighted by Gasteiger charge is 2.28. The molecule has 0 aromatic rings. The molecular formula is C7H12F2. The Hall–Kier alpha value is -0.140. The fourth-order valence-corrected chi connectivity index (χ4v) is 1.48. The maximum absolute atomic E-state index is 11.9. The monoisotopic (exact) mass is 134 g/mol. The normalized spacial score (nSPS) is 36.0. The maximum Gasteiger partial charge on any atom is 0.241 e. The molecule has 0 aromatic heterocycles. The van der Waals surface area contributed by atoms with Crippen LogP contribution in [0.3, 0.4) is 0 Å². The van der Waals surface area contributed by atoms with Crippen molar-refractivity contribution in [1.82, 2.24) is 0 Å². The van der Waals surface area contributed by atoms with Gasteiger partial charge < -0.3 is 0 Å². The van der Waals surface area contributed by atoms with Gasteiger partial charge in [-0.3, -0.25) is 0 Å². The molecule has 0 nitrogen and oxygen atoms in total. The predicted octanol–water partition coefficient (Wildman–Crippen LogP) is 2.69. The molecule has 0 spiro atoms. The summed E-state index contributed by atoms with van der Waals surface area (Å²) in [5, 5.41) is 0. The first-order valence-electron chi connectivity index (χ1n) is 3.48. The molecule has 2 unspecified atom stereocenters. The highest BCUT2D eigenvalue weighted by atomic mass is 19.3. The van der Waals surface area contributed by atoms with Gasteiger partial charge in [0, 0.05) is 5.92 Å². The van der Waals surface area contributed by atoms with Gasteiger partial charge in [0.1, 0.15) is 0 Å². The molecule has 0 aliphatic heterocycles. The molecule has 1 saturated carbocycles. The number of alkyl halides is 2. The van der Waals surface area contributed by atoms with Crippen molar-refractivity contribution < 1.29 is 8.78 Å². The van der Waals surface area contributed by atoms with Gasteiger partial charge in [-0.25, -0.2) is 8.78 Å². The zero-order valence-electron chi connectivity index (χ0n) is 5.61. The van der Waals surface area contributed by atoms with Crippen molar-refractivity contribution in [2.45, 2.75) is 32.6 Å². The van der Waals surface area contributed by atoms with Crippen molar-refractivity contribution in [2.75, 3.05) is 0 Å². The van der Waals surface area contributed by atoms with Crippen molar-refractivity contribution >= 4 is 0 Å². The van der Waals surface area contributed by atoms with Gasteiger partial charge in [0.05, 0.1) is 0 Å². The molecule has 1 aliphatic carbocycles. The minimum absolute atomic E-state index is 0.292. The lowest BCUT2D eigenvalue weighted by molar-refractivity contribution is 0.0789. The molecule has 54 valence electrons. The van der Waals surface area contributed by atoms with E-state index >= 15 is 0 Å². The largest absolute Gasteiger partial charge is 0.241 e. The fraction of sp³-hybridized carbons (Fsp3) is 1.00. The Balaban J connectivity index is 2.30. The number of hydrogen-bond donors (Lipinski definition) is 0. The van der Waals surface area contributed by atoms with Gasteiger partial charge >= 0.3 is 0 Å². The summed E-state index contributed by atoms with van der Waals surface area (Å²) in [7, 11) is 0. The average molecular weight is 134 g/mol. The van der Waals surface area contributed by atoms with Crippen molar-refractivity contribution in [2.24, 2.45) is 11.8 Å². The number of halogens is 2. The van der Waals surface area contributed by atoms with Crippen molar-refractivity contribution in [3.05, 3.63) is 0 Å². The zero-order chi connectivity index (χ0) is 6.85. The quantitative estimate of drug-likeness (QED) is 0.517. The number of hydrogen-bond acceptors (Lipinski definition) is 0. The first kappa shape index (κ1) is 6.97. The van der Waals surface area contributed by atoms with E-state index in [1.165, 1.54) is 0 Å². The molecule has 1 aliphatic rings. The molecule has 2 heteroatoms. The Morgan fingerprint density at radius 2 is 2.00 bits per heavy atom. The lowest BCUT2D eigenvalue weighted by Gasteiger charge is -2.05. The Bertz CT molecular complexity index is 90.9. The van der Waals surface area contributed by atoms with Crippen LogP contribution in [0.4, 0.5) is 8.78 Å². The van der Waals surface area contributed by atoms with E-state index in [2.05, 4.69) is 0 Å². The molecule has 0 radical (unpaired) electrons. The summed E-state index contributed by atoms with van der Waals surface area (Å²) in [4.78, 5) is 0. The first-order chi connectivity index (χ1) is 4.20. The summed E-state index contributed by atoms with van der Waals surface area (Å²) in [5.41, 5.74) is 0. The van der Waals surface area contributed by atoms with Crippen LogP contribution in [0.5, 0.6) is 0 Å². The van der Waals surface area contributed by atoms with Crippen LogP contribution in [0.1, 0.15) is 26.2 Å². The van der Waals surface area contributed by atoms with E-state index in [-0.39, 0.29) is 5.92 Å². The molecule has 0 aromatic carbocycles. The Kier molecular flexibility index (Phi) is 2.04. The van der Waals surface area contributed by atoms with Crippen LogP contribution in [-0.2, 0) is 0 Å². The van der Waals surface area contributed by atoms with Gasteiger partial charge in [0.15, 0.2) is 0 Å². The lowest BCUT2D eigenvalue weighted by atomic mass is 10.1. The fourth-order valence-electron chi connectivity index (χ4n) is 1.48. The van der Waals surface area contributed by atoms with Crippen LogP contribution >= 0.6 is 0 Å². The second-order valence-electron chi connectivity index (χ2n) is 3.01. The predicted molar refractivity (Wildman–Crippen MR) is 32.5 cm³/mol. The maximum atomic E-state index is 11.9. The van der Waals surface area contributed by atoms with E-state index < -0.39 is 6.43 Å². The third-order valence-corrected chi connectivity index (χ3v) is 2.09. The third kappa shape index (κ3) is 1.63. The second-order valence-corrected chi connectivity index (χ2v) is 3.01. The van der Waals surface area contributed by atoms with Crippen LogP contribution in [0, 0.1) is 11.8 Å². The summed E-state index contributed by atoms with van der Waals surface area (Å²) in [5.74, 6) is 0.240. The molecule has 0 N–H and O–H groups in total. The topological polar surface area (TPSA) is 0 Å². The van der Waals surface area contributed by atoms with Crippen molar-refractivity contribution in [3.63, 3.8) is 0 Å². The van der Waals surface area contributed by atoms with Gasteiger partial charge in [0.25, 0.3) is 0 Å². The van der Waals surface area contributed by atoms with E-state index in [4.69, 9.17) is 0 Å². The second kappa shape index (κ2) is 2.63. The van der Waals surface area contributed by atoms with Crippen LogP contribution in [0.25, 0.3) is 0 Å². The Morgan fingerprint density at radius 1 is 1.33 bits per heavy atom. The average Bonchev–Trinajstić information content (AvgIpc) is 2.14. The van der Waals surface area contributed by atoms with Crippen LogP contribution < -0.4 is 0 Å². The Labute approximate surface area is 54.3 Å². The molecular weight excluding hydrogens is 122 g/mol. The Morgan fingerprint density at radius 3 is 2.22 bits per heavy atom. The molecule has 0 saturated heterocycles. The minimum atomic E-state index is -2.07. The van der Waals surface area contributed by atoms with E-state index in [9.17, 15) is 8.78 Å². The molecule has 2 atom stereocenters. The molecule has 0 heterocycles. The highest BCUT2D eigenvalue weighted by Crippen LogP contribution is 2.34. The summed E-state index contributed by atoms with van der Waals surface area (Å²) < 4.78 is 23.8. The van der Waals surface area contributed by atoms with Crippen molar-refractivity contribution in [1.29, 1.82) is 0 Å². The highest BCUT2D eigenvalue weighted by molar-refractivity contribution is 4.73. The smallest absolute Gasteiger partial charge is 0.210 e. The number of rotatable bonds is 1. The van der Waals surface area contributed by atoms with Gasteiger partial charge in [-0.05, 0) is 18.8 Å². The van der Waals surface area contributed by atoms with Gasteiger partial charge in [-0.1, -0.05) is 13.3 Å². The molecule has 1 rings (SSSR count). The summed E-state index contributed by atoms with van der Waals surface area (Å²) in [6.07, 6.45) is 0.390. The molecule has 0 amide bonds. The molecule has 0 bridgehead atoms. The summed E-state index contributed by atoms with van der Waals surface area (Å²) in [6, 6.07) is 0. The van der Waals surface area contributed by atoms with E-state index in [1.54, 1.807) is 0 Å². The summed E-state index contributed by atoms with van der Waals surface area (Å²) >= 11 is 0. The van der Waals surface area contributed by atoms with E-state index in [1.807, 2.05) is 6.92 Å².